The summed E-state index contributed by atoms with van der Waals surface area (Å²) in [5, 5.41) is 10.6. The number of hydrogen-bond donors (Lipinski definition) is 1. The van der Waals surface area contributed by atoms with Crippen LogP contribution in [0.1, 0.15) is 34.1 Å². The van der Waals surface area contributed by atoms with Crippen LogP contribution in [0.3, 0.4) is 0 Å². The zero-order valence-corrected chi connectivity index (χ0v) is 17.7. The third-order valence-corrected chi connectivity index (χ3v) is 9.34. The van der Waals surface area contributed by atoms with Crippen molar-refractivity contribution in [1.82, 2.24) is 0 Å². The first kappa shape index (κ1) is 21.7. The summed E-state index contributed by atoms with van der Waals surface area (Å²) < 4.78 is 17.7. The Morgan fingerprint density at radius 3 is 2.12 bits per heavy atom. The molecule has 0 saturated carbocycles. The number of hydrogen-bond acceptors (Lipinski definition) is 4. The lowest BCUT2D eigenvalue weighted by atomic mass is 10.1. The summed E-state index contributed by atoms with van der Waals surface area (Å²) in [6.07, 6.45) is 0.820. The highest BCUT2D eigenvalue weighted by molar-refractivity contribution is 6.74. The van der Waals surface area contributed by atoms with Crippen molar-refractivity contribution in [1.29, 1.82) is 0 Å². The van der Waals surface area contributed by atoms with Crippen LogP contribution in [0.2, 0.25) is 18.1 Å². The van der Waals surface area contributed by atoms with Crippen LogP contribution < -0.4 is 9.47 Å². The van der Waals surface area contributed by atoms with E-state index < -0.39 is 20.5 Å². The molecule has 1 rings (SSSR count). The molecule has 25 heavy (non-hydrogen) atoms. The molecule has 0 bridgehead atoms. The molecule has 142 valence electrons. The number of aliphatic hydroxyl groups is 1. The molecular formula is C20H34O4Si. The van der Waals surface area contributed by atoms with Crippen molar-refractivity contribution >= 4 is 8.32 Å². The van der Waals surface area contributed by atoms with E-state index in [0.29, 0.717) is 6.42 Å². The van der Waals surface area contributed by atoms with E-state index in [2.05, 4.69) is 40.4 Å². The van der Waals surface area contributed by atoms with Crippen molar-refractivity contribution in [3.8, 4) is 11.5 Å². The van der Waals surface area contributed by atoms with Gasteiger partial charge in [0.2, 0.25) is 0 Å². The van der Waals surface area contributed by atoms with Gasteiger partial charge in [0.15, 0.2) is 8.32 Å². The van der Waals surface area contributed by atoms with Crippen molar-refractivity contribution in [2.75, 3.05) is 7.11 Å². The van der Waals surface area contributed by atoms with Crippen molar-refractivity contribution < 1.29 is 19.0 Å². The summed E-state index contributed by atoms with van der Waals surface area (Å²) in [7, 11) is -0.417. The summed E-state index contributed by atoms with van der Waals surface area (Å²) in [5.41, 5.74) is 0. The molecule has 5 heteroatoms. The standard InChI is InChI=1S/C20H34O4Si/c1-9-10-18(21)19(24-25(7,8)20(3,4)5)15(2)23-17-13-11-16(22-6)12-14-17/h9,11-15,18-19,21H,1,10H2,2-8H3/t15-,18+,19-/m1/s1. The van der Waals surface area contributed by atoms with Crippen molar-refractivity contribution in [3.63, 3.8) is 0 Å². The number of ether oxygens (including phenoxy) is 2. The summed E-state index contributed by atoms with van der Waals surface area (Å²) in [4.78, 5) is 0. The van der Waals surface area contributed by atoms with Gasteiger partial charge in [0.25, 0.3) is 0 Å². The van der Waals surface area contributed by atoms with Crippen LogP contribution in [-0.4, -0.2) is 38.8 Å². The first-order valence-electron chi connectivity index (χ1n) is 8.79. The van der Waals surface area contributed by atoms with Crippen LogP contribution >= 0.6 is 0 Å². The lowest BCUT2D eigenvalue weighted by molar-refractivity contribution is -0.0324. The van der Waals surface area contributed by atoms with Crippen molar-refractivity contribution in [2.24, 2.45) is 0 Å². The summed E-state index contributed by atoms with van der Waals surface area (Å²) in [6, 6.07) is 7.43. The average molecular weight is 367 g/mol. The molecule has 0 aromatic heterocycles. The Balaban J connectivity index is 2.95. The van der Waals surface area contributed by atoms with Gasteiger partial charge in [-0.15, -0.1) is 6.58 Å². The zero-order valence-electron chi connectivity index (χ0n) is 16.7. The molecule has 0 amide bonds. The highest BCUT2D eigenvalue weighted by atomic mass is 28.4. The lowest BCUT2D eigenvalue weighted by Gasteiger charge is -2.42. The van der Waals surface area contributed by atoms with Gasteiger partial charge < -0.3 is 19.0 Å². The van der Waals surface area contributed by atoms with Gasteiger partial charge >= 0.3 is 0 Å². The molecule has 0 aliphatic rings. The normalized spacial score (nSPS) is 16.0. The van der Waals surface area contributed by atoms with E-state index in [-0.39, 0.29) is 11.1 Å². The Kier molecular flexibility index (Phi) is 7.72. The highest BCUT2D eigenvalue weighted by Gasteiger charge is 2.42. The number of aliphatic hydroxyl groups excluding tert-OH is 1. The SMILES string of the molecule is C=CC[C@H](O)[C@H](O[Si](C)(C)C(C)(C)C)[C@@H](C)Oc1ccc(OC)cc1. The van der Waals surface area contributed by atoms with E-state index in [1.807, 2.05) is 31.2 Å². The predicted octanol–water partition coefficient (Wildman–Crippen LogP) is 4.79. The van der Waals surface area contributed by atoms with Gasteiger partial charge in [-0.2, -0.15) is 0 Å². The largest absolute Gasteiger partial charge is 0.497 e. The van der Waals surface area contributed by atoms with Crippen LogP contribution in [0.25, 0.3) is 0 Å². The zero-order chi connectivity index (χ0) is 19.3. The lowest BCUT2D eigenvalue weighted by Crippen LogP contribution is -2.51. The molecule has 0 heterocycles. The third kappa shape index (κ3) is 6.17. The minimum atomic E-state index is -2.05. The van der Waals surface area contributed by atoms with E-state index >= 15 is 0 Å². The Morgan fingerprint density at radius 2 is 1.68 bits per heavy atom. The second-order valence-electron chi connectivity index (χ2n) is 7.93. The molecule has 1 N–H and O–H groups in total. The maximum absolute atomic E-state index is 10.6. The van der Waals surface area contributed by atoms with E-state index in [1.165, 1.54) is 0 Å². The van der Waals surface area contributed by atoms with Gasteiger partial charge in [0.1, 0.15) is 23.7 Å². The van der Waals surface area contributed by atoms with Crippen LogP contribution in [0.4, 0.5) is 0 Å². The van der Waals surface area contributed by atoms with Crippen LogP contribution in [0.5, 0.6) is 11.5 Å². The van der Waals surface area contributed by atoms with Gasteiger partial charge in [-0.1, -0.05) is 26.8 Å². The number of methoxy groups -OCH3 is 1. The van der Waals surface area contributed by atoms with E-state index in [9.17, 15) is 5.11 Å². The molecule has 4 nitrogen and oxygen atoms in total. The second kappa shape index (κ2) is 8.88. The van der Waals surface area contributed by atoms with Gasteiger partial charge in [0.05, 0.1) is 13.2 Å². The Bertz CT molecular complexity index is 534. The fourth-order valence-corrected chi connectivity index (χ4v) is 3.63. The number of benzene rings is 1. The molecule has 0 saturated heterocycles. The van der Waals surface area contributed by atoms with Crippen LogP contribution in [0.15, 0.2) is 36.9 Å². The van der Waals surface area contributed by atoms with E-state index in [0.717, 1.165) is 11.5 Å². The summed E-state index contributed by atoms with van der Waals surface area (Å²) in [6.45, 7) is 16.6. The summed E-state index contributed by atoms with van der Waals surface area (Å²) >= 11 is 0. The highest BCUT2D eigenvalue weighted by Crippen LogP contribution is 2.38. The number of rotatable bonds is 9. The Morgan fingerprint density at radius 1 is 1.16 bits per heavy atom. The molecular weight excluding hydrogens is 332 g/mol. The van der Waals surface area contributed by atoms with E-state index in [4.69, 9.17) is 13.9 Å². The monoisotopic (exact) mass is 366 g/mol. The molecule has 0 fully saturated rings. The molecule has 3 atom stereocenters. The maximum atomic E-state index is 10.6. The molecule has 0 unspecified atom stereocenters. The molecule has 0 aliphatic carbocycles. The van der Waals surface area contributed by atoms with Gasteiger partial charge in [-0.3, -0.25) is 0 Å². The molecule has 0 spiro atoms. The second-order valence-corrected chi connectivity index (χ2v) is 12.7. The summed E-state index contributed by atoms with van der Waals surface area (Å²) in [5.74, 6) is 1.50. The van der Waals surface area contributed by atoms with Gasteiger partial charge in [-0.05, 0) is 55.7 Å². The third-order valence-electron chi connectivity index (χ3n) is 4.87. The molecule has 1 aromatic carbocycles. The van der Waals surface area contributed by atoms with Crippen molar-refractivity contribution in [3.05, 3.63) is 36.9 Å². The fourth-order valence-electron chi connectivity index (χ4n) is 2.25. The minimum Gasteiger partial charge on any atom is -0.497 e. The Labute approximate surface area is 153 Å². The fraction of sp³-hybridized carbons (Fsp3) is 0.600. The minimum absolute atomic E-state index is 0.0545. The van der Waals surface area contributed by atoms with Gasteiger partial charge in [-0.25, -0.2) is 0 Å². The van der Waals surface area contributed by atoms with E-state index in [1.54, 1.807) is 13.2 Å². The Hall–Kier alpha value is -1.30. The van der Waals surface area contributed by atoms with Crippen LogP contribution in [-0.2, 0) is 4.43 Å². The van der Waals surface area contributed by atoms with Crippen molar-refractivity contribution in [2.45, 2.75) is 70.6 Å². The quantitative estimate of drug-likeness (QED) is 0.504. The first-order chi connectivity index (χ1) is 11.5. The average Bonchev–Trinajstić information content (AvgIpc) is 2.52. The first-order valence-corrected chi connectivity index (χ1v) is 11.7. The maximum Gasteiger partial charge on any atom is 0.192 e. The predicted molar refractivity (Wildman–Crippen MR) is 106 cm³/mol. The molecule has 1 aromatic rings. The van der Waals surface area contributed by atoms with Gasteiger partial charge in [0, 0.05) is 0 Å². The molecule has 0 aliphatic heterocycles. The van der Waals surface area contributed by atoms with Crippen LogP contribution in [0, 0.1) is 0 Å². The smallest absolute Gasteiger partial charge is 0.192 e. The topological polar surface area (TPSA) is 47.9 Å². The molecule has 0 radical (unpaired) electrons.